The molecule has 2 aromatic rings. The molecule has 8 nitrogen and oxygen atoms in total. The topological polar surface area (TPSA) is 120 Å². The Bertz CT molecular complexity index is 1030. The van der Waals surface area contributed by atoms with Crippen LogP contribution in [0.2, 0.25) is 0 Å². The predicted octanol–water partition coefficient (Wildman–Crippen LogP) is 2.61. The number of nitrogens with zero attached hydrogens (tertiary/aromatic N) is 4. The highest BCUT2D eigenvalue weighted by atomic mass is 16.6. The first kappa shape index (κ1) is 19.8. The molecule has 1 N–H and O–H groups in total. The van der Waals surface area contributed by atoms with Crippen molar-refractivity contribution in [2.45, 2.75) is 38.5 Å². The van der Waals surface area contributed by atoms with Gasteiger partial charge in [0.1, 0.15) is 17.2 Å². The molecule has 0 unspecified atom stereocenters. The fraction of sp³-hybridized carbons (Fsp3) is 0.286. The Hall–Kier alpha value is -3.91. The second kappa shape index (κ2) is 7.99. The third kappa shape index (κ3) is 4.17. The number of fused-ring (bicyclic) bond motifs is 1. The zero-order chi connectivity index (χ0) is 21.0. The maximum Gasteiger partial charge on any atom is 0.303 e. The number of ether oxygens (including phenoxy) is 2. The second-order valence-electron chi connectivity index (χ2n) is 7.02. The highest BCUT2D eigenvalue weighted by Gasteiger charge is 2.47. The van der Waals surface area contributed by atoms with E-state index < -0.39 is 23.7 Å². The van der Waals surface area contributed by atoms with Crippen molar-refractivity contribution in [2.24, 2.45) is 4.99 Å². The Morgan fingerprint density at radius 3 is 2.76 bits per heavy atom. The van der Waals surface area contributed by atoms with Crippen molar-refractivity contribution in [3.63, 3.8) is 0 Å². The molecule has 0 radical (unpaired) electrons. The third-order valence-corrected chi connectivity index (χ3v) is 4.52. The maximum atomic E-state index is 11.8. The number of carbonyl (C=O) groups excluding carboxylic acids is 1. The van der Waals surface area contributed by atoms with Gasteiger partial charge in [0.2, 0.25) is 6.19 Å². The van der Waals surface area contributed by atoms with Crippen molar-refractivity contribution in [1.82, 2.24) is 10.3 Å². The summed E-state index contributed by atoms with van der Waals surface area (Å²) < 4.78 is 11.7. The van der Waals surface area contributed by atoms with Crippen LogP contribution >= 0.6 is 0 Å². The van der Waals surface area contributed by atoms with Crippen LogP contribution in [0.25, 0.3) is 0 Å². The molecular formula is C21H19N5O3. The lowest BCUT2D eigenvalue weighted by atomic mass is 9.85. The van der Waals surface area contributed by atoms with Crippen LogP contribution in [0.15, 0.2) is 47.7 Å². The van der Waals surface area contributed by atoms with Crippen molar-refractivity contribution >= 4 is 11.8 Å². The zero-order valence-electron chi connectivity index (χ0n) is 16.2. The summed E-state index contributed by atoms with van der Waals surface area (Å²) in [6.07, 6.45) is 4.22. The van der Waals surface area contributed by atoms with Gasteiger partial charge in [-0.25, -0.2) is 0 Å². The highest BCUT2D eigenvalue weighted by molar-refractivity contribution is 5.99. The summed E-state index contributed by atoms with van der Waals surface area (Å²) in [7, 11) is 0. The number of aliphatic imine (C=N–C) groups is 1. The number of nitriles is 2. The minimum absolute atomic E-state index is 0.272. The minimum atomic E-state index is -0.878. The summed E-state index contributed by atoms with van der Waals surface area (Å²) in [4.78, 5) is 19.8. The van der Waals surface area contributed by atoms with Gasteiger partial charge in [0.05, 0.1) is 17.7 Å². The number of hydrogen-bond donors (Lipinski definition) is 1. The molecule has 0 saturated carbocycles. The van der Waals surface area contributed by atoms with Gasteiger partial charge in [-0.1, -0.05) is 0 Å². The smallest absolute Gasteiger partial charge is 0.303 e. The molecule has 0 bridgehead atoms. The van der Waals surface area contributed by atoms with E-state index in [1.54, 1.807) is 48.9 Å². The van der Waals surface area contributed by atoms with Gasteiger partial charge < -0.3 is 14.8 Å². The number of amidine groups is 1. The van der Waals surface area contributed by atoms with Crippen LogP contribution in [0.3, 0.4) is 0 Å². The summed E-state index contributed by atoms with van der Waals surface area (Å²) in [5, 5.41) is 21.7. The molecule has 1 aliphatic heterocycles. The molecule has 2 heterocycles. The average Bonchev–Trinajstić information content (AvgIpc) is 2.69. The van der Waals surface area contributed by atoms with E-state index in [1.165, 1.54) is 6.92 Å². The van der Waals surface area contributed by atoms with Crippen LogP contribution in [-0.2, 0) is 9.53 Å². The molecule has 1 aromatic heterocycles. The Kier molecular flexibility index (Phi) is 5.47. The third-order valence-electron chi connectivity index (χ3n) is 4.52. The lowest BCUT2D eigenvalue weighted by Crippen LogP contribution is -2.55. The number of hydrogen-bond acceptors (Lipinski definition) is 7. The Labute approximate surface area is 168 Å². The van der Waals surface area contributed by atoms with E-state index >= 15 is 0 Å². The minimum Gasteiger partial charge on any atom is -0.484 e. The fourth-order valence-corrected chi connectivity index (χ4v) is 3.28. The second-order valence-corrected chi connectivity index (χ2v) is 7.02. The first-order chi connectivity index (χ1) is 13.9. The first-order valence-electron chi connectivity index (χ1n) is 8.89. The molecule has 3 rings (SSSR count). The van der Waals surface area contributed by atoms with Crippen molar-refractivity contribution < 1.29 is 14.3 Å². The summed E-state index contributed by atoms with van der Waals surface area (Å²) in [6.45, 7) is 4.93. The van der Waals surface area contributed by atoms with Crippen molar-refractivity contribution in [3.05, 3.63) is 59.4 Å². The van der Waals surface area contributed by atoms with Crippen LogP contribution < -0.4 is 10.1 Å². The lowest BCUT2D eigenvalue weighted by molar-refractivity contribution is -0.162. The van der Waals surface area contributed by atoms with Gasteiger partial charge in [0.15, 0.2) is 6.10 Å². The average molecular weight is 389 g/mol. The van der Waals surface area contributed by atoms with Gasteiger partial charge in [0.25, 0.3) is 0 Å². The Morgan fingerprint density at radius 2 is 2.14 bits per heavy atom. The molecule has 146 valence electrons. The number of carbonyl (C=O) groups is 1. The molecule has 29 heavy (non-hydrogen) atoms. The highest BCUT2D eigenvalue weighted by Crippen LogP contribution is 2.42. The summed E-state index contributed by atoms with van der Waals surface area (Å²) in [5.74, 6) is 0.352. The maximum absolute atomic E-state index is 11.8. The summed E-state index contributed by atoms with van der Waals surface area (Å²) >= 11 is 0. The molecular weight excluding hydrogens is 370 g/mol. The van der Waals surface area contributed by atoms with E-state index in [1.807, 2.05) is 13.8 Å². The Balaban J connectivity index is 2.13. The number of rotatable bonds is 3. The van der Waals surface area contributed by atoms with Crippen LogP contribution in [0.5, 0.6) is 5.75 Å². The molecule has 8 heteroatoms. The van der Waals surface area contributed by atoms with Gasteiger partial charge >= 0.3 is 5.97 Å². The van der Waals surface area contributed by atoms with Crippen LogP contribution in [-0.4, -0.2) is 28.5 Å². The molecule has 0 spiro atoms. The number of esters is 1. The SMILES string of the molecule is CC(=O)O[C@H]1[C@H](NC(=NC#N)c2cccnc2)c2cc(C#N)ccc2OC1(C)C. The number of aromatic nitrogens is 1. The van der Waals surface area contributed by atoms with Crippen LogP contribution in [0.1, 0.15) is 43.5 Å². The quantitative estimate of drug-likeness (QED) is 0.371. The lowest BCUT2D eigenvalue weighted by Gasteiger charge is -2.44. The van der Waals surface area contributed by atoms with Gasteiger partial charge in [0, 0.05) is 30.4 Å². The van der Waals surface area contributed by atoms with Crippen LogP contribution in [0.4, 0.5) is 0 Å². The van der Waals surface area contributed by atoms with Crippen molar-refractivity contribution in [1.29, 1.82) is 10.5 Å². The fourth-order valence-electron chi connectivity index (χ4n) is 3.28. The van der Waals surface area contributed by atoms with E-state index in [4.69, 9.17) is 14.7 Å². The summed E-state index contributed by atoms with van der Waals surface area (Å²) in [5.41, 5.74) is 0.777. The molecule has 0 saturated heterocycles. The van der Waals surface area contributed by atoms with Gasteiger partial charge in [-0.05, 0) is 44.2 Å². The van der Waals surface area contributed by atoms with E-state index in [0.29, 0.717) is 22.4 Å². The molecule has 1 aliphatic rings. The molecule has 0 fully saturated rings. The van der Waals surface area contributed by atoms with E-state index in [2.05, 4.69) is 21.4 Å². The standard InChI is InChI=1S/C21H19N5O3/c1-13(27)28-19-18(26-20(25-12-23)15-5-4-8-24-11-15)16-9-14(10-22)6-7-17(16)29-21(19,2)3/h4-9,11,18-19H,1-3H3,(H,25,26)/t18-,19+/m1/s1. The van der Waals surface area contributed by atoms with Crippen LogP contribution in [0, 0.1) is 22.8 Å². The van der Waals surface area contributed by atoms with Crippen molar-refractivity contribution in [2.75, 3.05) is 0 Å². The summed E-state index contributed by atoms with van der Waals surface area (Å²) in [6, 6.07) is 10.0. The van der Waals surface area contributed by atoms with Crippen molar-refractivity contribution in [3.8, 4) is 18.0 Å². The number of benzene rings is 1. The van der Waals surface area contributed by atoms with Gasteiger partial charge in [-0.15, -0.1) is 0 Å². The zero-order valence-corrected chi connectivity index (χ0v) is 16.2. The molecule has 1 aromatic carbocycles. The molecule has 0 aliphatic carbocycles. The molecule has 0 amide bonds. The van der Waals surface area contributed by atoms with Gasteiger partial charge in [-0.3, -0.25) is 9.78 Å². The largest absolute Gasteiger partial charge is 0.484 e. The Morgan fingerprint density at radius 1 is 1.34 bits per heavy atom. The van der Waals surface area contributed by atoms with Gasteiger partial charge in [-0.2, -0.15) is 15.5 Å². The first-order valence-corrected chi connectivity index (χ1v) is 8.89. The van der Waals surface area contributed by atoms with E-state index in [-0.39, 0.29) is 5.84 Å². The van der Waals surface area contributed by atoms with E-state index in [0.717, 1.165) is 0 Å². The normalized spacial score (nSPS) is 19.7. The predicted molar refractivity (Wildman–Crippen MR) is 104 cm³/mol. The monoisotopic (exact) mass is 389 g/mol. The molecule has 2 atom stereocenters. The van der Waals surface area contributed by atoms with E-state index in [9.17, 15) is 10.1 Å². The number of pyridine rings is 1. The number of nitrogens with one attached hydrogen (secondary N) is 1.